The Morgan fingerprint density at radius 1 is 0.909 bits per heavy atom. The van der Waals surface area contributed by atoms with Gasteiger partial charge in [-0.05, 0) is 118 Å². The van der Waals surface area contributed by atoms with Gasteiger partial charge in [-0.25, -0.2) is 4.79 Å². The van der Waals surface area contributed by atoms with Gasteiger partial charge >= 0.3 is 5.97 Å². The molecular weight excluding hydrogens is 556 g/mol. The van der Waals surface area contributed by atoms with E-state index < -0.39 is 12.6 Å². The number of carbonyl (C=O) groups is 2. The van der Waals surface area contributed by atoms with Crippen LogP contribution >= 0.6 is 0 Å². The number of carbonyl (C=O) groups excluding carboxylic acids is 1. The summed E-state index contributed by atoms with van der Waals surface area (Å²) < 4.78 is 16.9. The Morgan fingerprint density at radius 2 is 1.52 bits per heavy atom. The minimum absolute atomic E-state index is 0.224. The zero-order valence-electron chi connectivity index (χ0n) is 27.4. The van der Waals surface area contributed by atoms with Crippen LogP contribution in [0.15, 0.2) is 36.4 Å². The molecule has 2 aromatic rings. The predicted molar refractivity (Wildman–Crippen MR) is 175 cm³/mol. The molecule has 1 aliphatic rings. The topological polar surface area (TPSA) is 97.3 Å². The molecule has 2 aromatic carbocycles. The fourth-order valence-corrected chi connectivity index (χ4v) is 6.05. The van der Waals surface area contributed by atoms with Crippen molar-refractivity contribution in [1.82, 2.24) is 10.2 Å². The van der Waals surface area contributed by atoms with Crippen LogP contribution < -0.4 is 14.8 Å². The van der Waals surface area contributed by atoms with E-state index in [0.29, 0.717) is 12.5 Å². The van der Waals surface area contributed by atoms with Gasteiger partial charge in [0.15, 0.2) is 0 Å². The van der Waals surface area contributed by atoms with Crippen molar-refractivity contribution in [3.8, 4) is 11.5 Å². The second-order valence-corrected chi connectivity index (χ2v) is 12.1. The summed E-state index contributed by atoms with van der Waals surface area (Å²) in [6.07, 6.45) is 8.54. The number of hydrogen-bond acceptors (Lipinski definition) is 6. The maximum absolute atomic E-state index is 11.9. The van der Waals surface area contributed by atoms with Crippen LogP contribution in [0.2, 0.25) is 0 Å². The number of nitrogens with one attached hydrogen (secondary N) is 1. The SMILES string of the molecule is CCCCOc1ccc(C(c2ccc(OCCCC)cc2C)C2CCCN(CCCCNC(=O)COCC(=O)O)C2)c(C)c1. The van der Waals surface area contributed by atoms with Crippen molar-refractivity contribution >= 4 is 11.9 Å². The van der Waals surface area contributed by atoms with Crippen molar-refractivity contribution < 1.29 is 28.9 Å². The van der Waals surface area contributed by atoms with E-state index in [1.807, 2.05) is 0 Å². The Labute approximate surface area is 264 Å². The standard InChI is InChI=1S/C36H54N2O6/c1-5-7-20-43-30-13-15-32(27(3)22-30)36(33-16-14-31(23-28(33)4)44-21-8-6-2)29-12-11-19-38(24-29)18-10-9-17-37-34(39)25-42-26-35(40)41/h13-16,22-23,29,36H,5-12,17-21,24-26H2,1-4H3,(H,37,39)(H,40,41). The van der Waals surface area contributed by atoms with Crippen LogP contribution in [-0.2, 0) is 14.3 Å². The number of benzene rings is 2. The molecule has 1 heterocycles. The van der Waals surface area contributed by atoms with Crippen molar-refractivity contribution in [2.24, 2.45) is 5.92 Å². The molecule has 2 N–H and O–H groups in total. The quantitative estimate of drug-likeness (QED) is 0.165. The first-order valence-corrected chi connectivity index (χ1v) is 16.6. The second kappa shape index (κ2) is 19.3. The number of likely N-dealkylation sites (tertiary alicyclic amines) is 1. The normalized spacial score (nSPS) is 15.3. The van der Waals surface area contributed by atoms with Gasteiger partial charge in [-0.3, -0.25) is 4.79 Å². The Kier molecular flexibility index (Phi) is 15.5. The van der Waals surface area contributed by atoms with E-state index in [0.717, 1.165) is 89.3 Å². The fraction of sp³-hybridized carbons (Fsp3) is 0.611. The Hall–Kier alpha value is -3.10. The number of hydrogen-bond donors (Lipinski definition) is 2. The molecule has 1 atom stereocenters. The van der Waals surface area contributed by atoms with Crippen LogP contribution in [0.3, 0.4) is 0 Å². The summed E-state index contributed by atoms with van der Waals surface area (Å²) in [5.41, 5.74) is 5.28. The van der Waals surface area contributed by atoms with Gasteiger partial charge in [-0.2, -0.15) is 0 Å². The molecule has 0 saturated carbocycles. The minimum Gasteiger partial charge on any atom is -0.494 e. The average molecular weight is 611 g/mol. The Balaban J connectivity index is 1.69. The van der Waals surface area contributed by atoms with Gasteiger partial charge < -0.3 is 29.5 Å². The Bertz CT molecular complexity index is 1110. The molecule has 44 heavy (non-hydrogen) atoms. The van der Waals surface area contributed by atoms with E-state index in [-0.39, 0.29) is 18.4 Å². The minimum atomic E-state index is -1.08. The number of carboxylic acid groups (broad SMARTS) is 1. The van der Waals surface area contributed by atoms with E-state index in [9.17, 15) is 9.59 Å². The molecule has 1 amide bonds. The second-order valence-electron chi connectivity index (χ2n) is 12.1. The lowest BCUT2D eigenvalue weighted by Crippen LogP contribution is -2.39. The zero-order chi connectivity index (χ0) is 31.7. The van der Waals surface area contributed by atoms with Crippen molar-refractivity contribution in [2.45, 2.75) is 85.0 Å². The zero-order valence-corrected chi connectivity index (χ0v) is 27.4. The lowest BCUT2D eigenvalue weighted by molar-refractivity contribution is -0.143. The van der Waals surface area contributed by atoms with Crippen LogP contribution in [0.5, 0.6) is 11.5 Å². The molecule has 8 nitrogen and oxygen atoms in total. The van der Waals surface area contributed by atoms with E-state index >= 15 is 0 Å². The number of amides is 1. The van der Waals surface area contributed by atoms with Crippen molar-refractivity contribution in [3.05, 3.63) is 58.7 Å². The highest BCUT2D eigenvalue weighted by atomic mass is 16.5. The molecule has 8 heteroatoms. The third kappa shape index (κ3) is 11.8. The summed E-state index contributed by atoms with van der Waals surface area (Å²) in [5.74, 6) is 1.29. The third-order valence-corrected chi connectivity index (χ3v) is 8.38. The lowest BCUT2D eigenvalue weighted by atomic mass is 9.74. The number of aliphatic carboxylic acids is 1. The maximum Gasteiger partial charge on any atom is 0.329 e. The monoisotopic (exact) mass is 610 g/mol. The number of nitrogens with zero attached hydrogens (tertiary/aromatic N) is 1. The summed E-state index contributed by atoms with van der Waals surface area (Å²) in [6, 6.07) is 13.3. The van der Waals surface area contributed by atoms with Gasteiger partial charge in [0.2, 0.25) is 5.91 Å². The van der Waals surface area contributed by atoms with Crippen LogP contribution in [-0.4, -0.2) is 74.5 Å². The number of rotatable bonds is 20. The molecular formula is C36H54N2O6. The van der Waals surface area contributed by atoms with Crippen LogP contribution in [0, 0.1) is 19.8 Å². The molecule has 1 fully saturated rings. The van der Waals surface area contributed by atoms with Gasteiger partial charge in [-0.1, -0.05) is 38.8 Å². The number of carboxylic acids is 1. The highest BCUT2D eigenvalue weighted by Crippen LogP contribution is 2.41. The number of aryl methyl sites for hydroxylation is 2. The largest absolute Gasteiger partial charge is 0.494 e. The van der Waals surface area contributed by atoms with E-state index in [2.05, 4.69) is 74.3 Å². The molecule has 0 bridgehead atoms. The first-order chi connectivity index (χ1) is 21.3. The third-order valence-electron chi connectivity index (χ3n) is 8.38. The van der Waals surface area contributed by atoms with E-state index in [1.54, 1.807) is 0 Å². The lowest BCUT2D eigenvalue weighted by Gasteiger charge is -2.38. The molecule has 244 valence electrons. The Morgan fingerprint density at radius 3 is 2.07 bits per heavy atom. The van der Waals surface area contributed by atoms with Gasteiger partial charge in [0.25, 0.3) is 0 Å². The first-order valence-electron chi connectivity index (χ1n) is 16.6. The van der Waals surface area contributed by atoms with Gasteiger partial charge in [0, 0.05) is 19.0 Å². The van der Waals surface area contributed by atoms with E-state index in [1.165, 1.54) is 28.7 Å². The highest BCUT2D eigenvalue weighted by molar-refractivity contribution is 5.77. The summed E-state index contributed by atoms with van der Waals surface area (Å²) in [4.78, 5) is 25.0. The summed E-state index contributed by atoms with van der Waals surface area (Å²) in [5, 5.41) is 11.5. The predicted octanol–water partition coefficient (Wildman–Crippen LogP) is 6.50. The summed E-state index contributed by atoms with van der Waals surface area (Å²) in [6.45, 7) is 13.3. The fourth-order valence-electron chi connectivity index (χ4n) is 6.05. The van der Waals surface area contributed by atoms with E-state index in [4.69, 9.17) is 19.3 Å². The van der Waals surface area contributed by atoms with Crippen molar-refractivity contribution in [3.63, 3.8) is 0 Å². The molecule has 0 aliphatic carbocycles. The number of ether oxygens (including phenoxy) is 3. The first kappa shape index (κ1) is 35.4. The van der Waals surface area contributed by atoms with Gasteiger partial charge in [0.1, 0.15) is 24.7 Å². The summed E-state index contributed by atoms with van der Waals surface area (Å²) in [7, 11) is 0. The molecule has 3 rings (SSSR count). The molecule has 1 unspecified atom stereocenters. The molecule has 1 saturated heterocycles. The molecule has 0 aromatic heterocycles. The van der Waals surface area contributed by atoms with Crippen LogP contribution in [0.25, 0.3) is 0 Å². The smallest absolute Gasteiger partial charge is 0.329 e. The highest BCUT2D eigenvalue weighted by Gasteiger charge is 2.31. The summed E-state index contributed by atoms with van der Waals surface area (Å²) >= 11 is 0. The molecule has 0 radical (unpaired) electrons. The molecule has 1 aliphatic heterocycles. The number of piperidine rings is 1. The maximum atomic E-state index is 11.9. The van der Waals surface area contributed by atoms with Crippen molar-refractivity contribution in [2.75, 3.05) is 52.6 Å². The van der Waals surface area contributed by atoms with Crippen LogP contribution in [0.1, 0.15) is 93.4 Å². The van der Waals surface area contributed by atoms with Crippen molar-refractivity contribution in [1.29, 1.82) is 0 Å². The van der Waals surface area contributed by atoms with Crippen LogP contribution in [0.4, 0.5) is 0 Å². The van der Waals surface area contributed by atoms with Gasteiger partial charge in [0.05, 0.1) is 13.2 Å². The van der Waals surface area contributed by atoms with Gasteiger partial charge in [-0.15, -0.1) is 0 Å². The number of unbranched alkanes of at least 4 members (excludes halogenated alkanes) is 3. The average Bonchev–Trinajstić information content (AvgIpc) is 2.99. The molecule has 0 spiro atoms.